The van der Waals surface area contributed by atoms with Gasteiger partial charge in [-0.25, -0.2) is 0 Å². The van der Waals surface area contributed by atoms with E-state index in [1.165, 1.54) is 7.11 Å². The van der Waals surface area contributed by atoms with Crippen LogP contribution in [0.1, 0.15) is 0 Å². The van der Waals surface area contributed by atoms with Crippen molar-refractivity contribution < 1.29 is 24.2 Å². The summed E-state index contributed by atoms with van der Waals surface area (Å²) < 4.78 is 8.73. The molecular weight excluding hydrogens is 152 g/mol. The Kier molecular flexibility index (Phi) is 4.21. The third kappa shape index (κ3) is 2.99. The van der Waals surface area contributed by atoms with Crippen LogP contribution in [0.5, 0.6) is 0 Å². The molecule has 0 aliphatic carbocycles. The number of carbonyl (C=O) groups is 2. The molecule has 5 heteroatoms. The topological polar surface area (TPSA) is 72.8 Å². The van der Waals surface area contributed by atoms with E-state index in [0.717, 1.165) is 7.11 Å². The molecule has 0 aromatic carbocycles. The second-order valence-electron chi connectivity index (χ2n) is 1.87. The van der Waals surface area contributed by atoms with E-state index in [1.807, 2.05) is 0 Å². The smallest absolute Gasteiger partial charge is 0.322 e. The second kappa shape index (κ2) is 4.68. The molecular formula is C6H10O5. The van der Waals surface area contributed by atoms with Gasteiger partial charge in [-0.1, -0.05) is 0 Å². The first-order valence-corrected chi connectivity index (χ1v) is 2.93. The van der Waals surface area contributed by atoms with Gasteiger partial charge in [0.05, 0.1) is 13.7 Å². The van der Waals surface area contributed by atoms with Gasteiger partial charge < -0.3 is 14.6 Å². The van der Waals surface area contributed by atoms with Crippen molar-refractivity contribution in [2.24, 2.45) is 5.92 Å². The molecule has 0 heterocycles. The molecule has 0 aromatic rings. The summed E-state index contributed by atoms with van der Waals surface area (Å²) in [5.74, 6) is -3.25. The molecule has 5 nitrogen and oxygen atoms in total. The van der Waals surface area contributed by atoms with Crippen LogP contribution in [0, 0.1) is 5.92 Å². The molecule has 0 fully saturated rings. The SMILES string of the molecule is COCC(C(=O)O)C(=O)OC. The van der Waals surface area contributed by atoms with Crippen LogP contribution in [0.25, 0.3) is 0 Å². The maximum Gasteiger partial charge on any atom is 0.322 e. The third-order valence-corrected chi connectivity index (χ3v) is 1.12. The summed E-state index contributed by atoms with van der Waals surface area (Å²) in [5.41, 5.74) is 0. The molecule has 1 unspecified atom stereocenters. The van der Waals surface area contributed by atoms with Gasteiger partial charge >= 0.3 is 11.9 Å². The lowest BCUT2D eigenvalue weighted by molar-refractivity contribution is -0.159. The lowest BCUT2D eigenvalue weighted by Gasteiger charge is -2.07. The minimum absolute atomic E-state index is 0.165. The Balaban J connectivity index is 4.09. The van der Waals surface area contributed by atoms with Crippen molar-refractivity contribution in [1.29, 1.82) is 0 Å². The van der Waals surface area contributed by atoms with E-state index in [0.29, 0.717) is 0 Å². The van der Waals surface area contributed by atoms with Crippen LogP contribution in [0.3, 0.4) is 0 Å². The molecule has 0 aliphatic heterocycles. The van der Waals surface area contributed by atoms with Crippen molar-refractivity contribution in [3.8, 4) is 0 Å². The molecule has 0 aliphatic rings. The predicted molar refractivity (Wildman–Crippen MR) is 35.0 cm³/mol. The highest BCUT2D eigenvalue weighted by Gasteiger charge is 2.26. The fourth-order valence-corrected chi connectivity index (χ4v) is 0.549. The molecule has 1 atom stereocenters. The summed E-state index contributed by atoms with van der Waals surface area (Å²) in [6.45, 7) is -0.165. The van der Waals surface area contributed by atoms with Crippen LogP contribution in [0.15, 0.2) is 0 Å². The molecule has 0 rings (SSSR count). The zero-order chi connectivity index (χ0) is 8.85. The average Bonchev–Trinajstić information content (AvgIpc) is 1.98. The monoisotopic (exact) mass is 162 g/mol. The summed E-state index contributed by atoms with van der Waals surface area (Å²) in [5, 5.41) is 8.43. The van der Waals surface area contributed by atoms with Gasteiger partial charge in [-0.2, -0.15) is 0 Å². The molecule has 11 heavy (non-hydrogen) atoms. The first-order chi connectivity index (χ1) is 5.13. The summed E-state index contributed by atoms with van der Waals surface area (Å²) in [7, 11) is 2.45. The van der Waals surface area contributed by atoms with E-state index in [4.69, 9.17) is 5.11 Å². The minimum atomic E-state index is -1.24. The van der Waals surface area contributed by atoms with Gasteiger partial charge in [-0.15, -0.1) is 0 Å². The van der Waals surface area contributed by atoms with Gasteiger partial charge in [0, 0.05) is 7.11 Å². The Morgan fingerprint density at radius 3 is 2.27 bits per heavy atom. The average molecular weight is 162 g/mol. The van der Waals surface area contributed by atoms with Gasteiger partial charge in [-0.3, -0.25) is 9.59 Å². The zero-order valence-corrected chi connectivity index (χ0v) is 6.36. The maximum atomic E-state index is 10.7. The van der Waals surface area contributed by atoms with Crippen LogP contribution < -0.4 is 0 Å². The molecule has 0 amide bonds. The van der Waals surface area contributed by atoms with Gasteiger partial charge in [0.15, 0.2) is 5.92 Å². The van der Waals surface area contributed by atoms with E-state index < -0.39 is 17.9 Å². The highest BCUT2D eigenvalue weighted by atomic mass is 16.5. The molecule has 1 N–H and O–H groups in total. The van der Waals surface area contributed by atoms with Gasteiger partial charge in [0.2, 0.25) is 0 Å². The molecule has 0 saturated carbocycles. The fraction of sp³-hybridized carbons (Fsp3) is 0.667. The number of hydrogen-bond acceptors (Lipinski definition) is 4. The third-order valence-electron chi connectivity index (χ3n) is 1.12. The number of rotatable bonds is 4. The molecule has 0 radical (unpaired) electrons. The highest BCUT2D eigenvalue weighted by molar-refractivity contribution is 5.93. The maximum absolute atomic E-state index is 10.7. The molecule has 0 bridgehead atoms. The van der Waals surface area contributed by atoms with E-state index in [2.05, 4.69) is 9.47 Å². The Hall–Kier alpha value is -1.10. The number of carboxylic acid groups (broad SMARTS) is 1. The predicted octanol–water partition coefficient (Wildman–Crippen LogP) is -0.493. The van der Waals surface area contributed by atoms with Crippen molar-refractivity contribution in [2.75, 3.05) is 20.8 Å². The normalized spacial score (nSPS) is 12.2. The van der Waals surface area contributed by atoms with E-state index >= 15 is 0 Å². The second-order valence-corrected chi connectivity index (χ2v) is 1.87. The van der Waals surface area contributed by atoms with Crippen molar-refractivity contribution in [1.82, 2.24) is 0 Å². The number of methoxy groups -OCH3 is 2. The van der Waals surface area contributed by atoms with Crippen LogP contribution in [-0.2, 0) is 19.1 Å². The highest BCUT2D eigenvalue weighted by Crippen LogP contribution is 1.99. The Bertz CT molecular complexity index is 153. The van der Waals surface area contributed by atoms with Gasteiger partial charge in [0.1, 0.15) is 0 Å². The van der Waals surface area contributed by atoms with Crippen molar-refractivity contribution in [3.05, 3.63) is 0 Å². The number of ether oxygens (including phenoxy) is 2. The number of esters is 1. The van der Waals surface area contributed by atoms with E-state index in [1.54, 1.807) is 0 Å². The van der Waals surface area contributed by atoms with Crippen LogP contribution in [-0.4, -0.2) is 37.9 Å². The number of aliphatic carboxylic acids is 1. The summed E-state index contributed by atoms with van der Waals surface area (Å²) in [6, 6.07) is 0. The lowest BCUT2D eigenvalue weighted by Crippen LogP contribution is -2.28. The van der Waals surface area contributed by atoms with Gasteiger partial charge in [0.25, 0.3) is 0 Å². The minimum Gasteiger partial charge on any atom is -0.481 e. The molecule has 0 saturated heterocycles. The summed E-state index contributed by atoms with van der Waals surface area (Å²) in [6.07, 6.45) is 0. The van der Waals surface area contributed by atoms with Crippen LogP contribution >= 0.6 is 0 Å². The largest absolute Gasteiger partial charge is 0.481 e. The van der Waals surface area contributed by atoms with Crippen molar-refractivity contribution in [2.45, 2.75) is 0 Å². The van der Waals surface area contributed by atoms with Crippen LogP contribution in [0.2, 0.25) is 0 Å². The summed E-state index contributed by atoms with van der Waals surface area (Å²) >= 11 is 0. The molecule has 0 aromatic heterocycles. The summed E-state index contributed by atoms with van der Waals surface area (Å²) in [4.78, 5) is 21.0. The number of carbonyl (C=O) groups excluding carboxylic acids is 1. The van der Waals surface area contributed by atoms with Crippen LogP contribution in [0.4, 0.5) is 0 Å². The molecule has 0 spiro atoms. The standard InChI is InChI=1S/C6H10O5/c1-10-3-4(5(7)8)6(9)11-2/h4H,3H2,1-2H3,(H,7,8). The Morgan fingerprint density at radius 2 is 2.00 bits per heavy atom. The number of hydrogen-bond donors (Lipinski definition) is 1. The van der Waals surface area contributed by atoms with Crippen molar-refractivity contribution >= 4 is 11.9 Å². The van der Waals surface area contributed by atoms with E-state index in [9.17, 15) is 9.59 Å². The number of carboxylic acids is 1. The fourth-order valence-electron chi connectivity index (χ4n) is 0.549. The first kappa shape index (κ1) is 9.90. The van der Waals surface area contributed by atoms with E-state index in [-0.39, 0.29) is 6.61 Å². The lowest BCUT2D eigenvalue weighted by atomic mass is 10.2. The first-order valence-electron chi connectivity index (χ1n) is 2.93. The Morgan fingerprint density at radius 1 is 1.45 bits per heavy atom. The van der Waals surface area contributed by atoms with Gasteiger partial charge in [-0.05, 0) is 0 Å². The quantitative estimate of drug-likeness (QED) is 0.446. The molecule has 64 valence electrons. The zero-order valence-electron chi connectivity index (χ0n) is 6.36. The Labute approximate surface area is 63.9 Å². The van der Waals surface area contributed by atoms with Crippen molar-refractivity contribution in [3.63, 3.8) is 0 Å².